The zero-order valence-electron chi connectivity index (χ0n) is 7.90. The molecule has 4 nitrogen and oxygen atoms in total. The van der Waals surface area contributed by atoms with Crippen molar-refractivity contribution < 1.29 is 0 Å². The topological polar surface area (TPSA) is 43.6 Å². The molecular formula is C9H9ClN4. The summed E-state index contributed by atoms with van der Waals surface area (Å²) in [4.78, 5) is 8.07. The van der Waals surface area contributed by atoms with Gasteiger partial charge in [-0.1, -0.05) is 11.6 Å². The lowest BCUT2D eigenvalue weighted by molar-refractivity contribution is 0.768. The first-order valence-electron chi connectivity index (χ1n) is 4.14. The average molecular weight is 209 g/mol. The lowest BCUT2D eigenvalue weighted by Crippen LogP contribution is -1.90. The van der Waals surface area contributed by atoms with Gasteiger partial charge in [0.15, 0.2) is 0 Å². The van der Waals surface area contributed by atoms with Gasteiger partial charge < -0.3 is 0 Å². The molecule has 0 aromatic carbocycles. The van der Waals surface area contributed by atoms with E-state index in [0.29, 0.717) is 5.15 Å². The Labute approximate surface area is 86.6 Å². The summed E-state index contributed by atoms with van der Waals surface area (Å²) in [5.74, 6) is 0. The van der Waals surface area contributed by atoms with Gasteiger partial charge in [0.2, 0.25) is 0 Å². The Balaban J connectivity index is 2.57. The van der Waals surface area contributed by atoms with Crippen molar-refractivity contribution in [2.75, 3.05) is 0 Å². The van der Waals surface area contributed by atoms with Crippen molar-refractivity contribution in [2.45, 2.75) is 6.92 Å². The van der Waals surface area contributed by atoms with E-state index in [0.717, 1.165) is 16.8 Å². The minimum atomic E-state index is 0.485. The molecule has 0 aliphatic heterocycles. The highest BCUT2D eigenvalue weighted by Gasteiger charge is 2.08. The molecule has 14 heavy (non-hydrogen) atoms. The third-order valence-corrected chi connectivity index (χ3v) is 2.38. The molecule has 0 saturated heterocycles. The third kappa shape index (κ3) is 1.48. The number of hydrogen-bond donors (Lipinski definition) is 0. The van der Waals surface area contributed by atoms with Crippen LogP contribution in [-0.2, 0) is 7.05 Å². The van der Waals surface area contributed by atoms with Crippen LogP contribution < -0.4 is 0 Å². The van der Waals surface area contributed by atoms with Gasteiger partial charge >= 0.3 is 0 Å². The third-order valence-electron chi connectivity index (χ3n) is 2.00. The van der Waals surface area contributed by atoms with Crippen LogP contribution in [0.1, 0.15) is 5.56 Å². The first-order valence-corrected chi connectivity index (χ1v) is 4.52. The summed E-state index contributed by atoms with van der Waals surface area (Å²) in [5, 5.41) is 4.56. The van der Waals surface area contributed by atoms with E-state index < -0.39 is 0 Å². The van der Waals surface area contributed by atoms with Crippen molar-refractivity contribution in [3.63, 3.8) is 0 Å². The fourth-order valence-electron chi connectivity index (χ4n) is 1.26. The van der Waals surface area contributed by atoms with Crippen LogP contribution >= 0.6 is 11.6 Å². The molecule has 0 unspecified atom stereocenters. The Hall–Kier alpha value is -1.42. The number of rotatable bonds is 1. The number of hydrogen-bond acceptors (Lipinski definition) is 3. The maximum Gasteiger partial charge on any atom is 0.135 e. The van der Waals surface area contributed by atoms with E-state index in [-0.39, 0.29) is 0 Å². The zero-order valence-corrected chi connectivity index (χ0v) is 8.65. The molecule has 72 valence electrons. The standard InChI is InChI=1S/C9H9ClN4/c1-6-8(11-5-12-9(6)10)7-3-13-14(2)4-7/h3-5H,1-2H3. The number of nitrogens with zero attached hydrogens (tertiary/aromatic N) is 4. The van der Waals surface area contributed by atoms with E-state index in [1.165, 1.54) is 6.33 Å². The van der Waals surface area contributed by atoms with Crippen LogP contribution in [0.15, 0.2) is 18.7 Å². The molecule has 0 saturated carbocycles. The number of aryl methyl sites for hydroxylation is 1. The van der Waals surface area contributed by atoms with Gasteiger partial charge in [0.25, 0.3) is 0 Å². The highest BCUT2D eigenvalue weighted by molar-refractivity contribution is 6.30. The van der Waals surface area contributed by atoms with Crippen LogP contribution in [0.3, 0.4) is 0 Å². The maximum atomic E-state index is 5.89. The van der Waals surface area contributed by atoms with Crippen molar-refractivity contribution in [1.29, 1.82) is 0 Å². The Morgan fingerprint density at radius 2 is 2.14 bits per heavy atom. The second-order valence-corrected chi connectivity index (χ2v) is 3.40. The van der Waals surface area contributed by atoms with Crippen LogP contribution in [0.25, 0.3) is 11.3 Å². The molecule has 0 spiro atoms. The molecule has 0 fully saturated rings. The van der Waals surface area contributed by atoms with E-state index in [9.17, 15) is 0 Å². The highest BCUT2D eigenvalue weighted by atomic mass is 35.5. The van der Waals surface area contributed by atoms with E-state index in [4.69, 9.17) is 11.6 Å². The predicted molar refractivity (Wildman–Crippen MR) is 54.0 cm³/mol. The second kappa shape index (κ2) is 3.38. The quantitative estimate of drug-likeness (QED) is 0.672. The van der Waals surface area contributed by atoms with E-state index in [1.807, 2.05) is 20.2 Å². The summed E-state index contributed by atoms with van der Waals surface area (Å²) >= 11 is 5.89. The first-order chi connectivity index (χ1) is 6.68. The van der Waals surface area contributed by atoms with Gasteiger partial charge in [-0.3, -0.25) is 4.68 Å². The highest BCUT2D eigenvalue weighted by Crippen LogP contribution is 2.23. The maximum absolute atomic E-state index is 5.89. The number of aromatic nitrogens is 4. The van der Waals surface area contributed by atoms with Crippen LogP contribution in [0.5, 0.6) is 0 Å². The van der Waals surface area contributed by atoms with E-state index >= 15 is 0 Å². The van der Waals surface area contributed by atoms with Crippen molar-refractivity contribution in [3.05, 3.63) is 29.4 Å². The first kappa shape index (κ1) is 9.15. The SMILES string of the molecule is Cc1c(Cl)ncnc1-c1cnn(C)c1. The summed E-state index contributed by atoms with van der Waals surface area (Å²) in [5.41, 5.74) is 2.66. The minimum absolute atomic E-state index is 0.485. The summed E-state index contributed by atoms with van der Waals surface area (Å²) < 4.78 is 1.73. The fourth-order valence-corrected chi connectivity index (χ4v) is 1.40. The molecule has 2 aromatic heterocycles. The zero-order chi connectivity index (χ0) is 10.1. The molecule has 2 aromatic rings. The molecular weight excluding hydrogens is 200 g/mol. The lowest BCUT2D eigenvalue weighted by atomic mass is 10.2. The van der Waals surface area contributed by atoms with Crippen molar-refractivity contribution in [2.24, 2.45) is 7.05 Å². The summed E-state index contributed by atoms with van der Waals surface area (Å²) in [6, 6.07) is 0. The Kier molecular flexibility index (Phi) is 2.21. The number of halogens is 1. The van der Waals surface area contributed by atoms with Crippen molar-refractivity contribution in [3.8, 4) is 11.3 Å². The fraction of sp³-hybridized carbons (Fsp3) is 0.222. The molecule has 0 amide bonds. The van der Waals surface area contributed by atoms with Gasteiger partial charge in [-0.2, -0.15) is 5.10 Å². The lowest BCUT2D eigenvalue weighted by Gasteiger charge is -2.01. The normalized spacial score (nSPS) is 10.5. The monoisotopic (exact) mass is 208 g/mol. The van der Waals surface area contributed by atoms with Crippen LogP contribution in [0, 0.1) is 6.92 Å². The van der Waals surface area contributed by atoms with Gasteiger partial charge in [0.05, 0.1) is 11.9 Å². The summed E-state index contributed by atoms with van der Waals surface area (Å²) in [6.07, 6.45) is 5.11. The van der Waals surface area contributed by atoms with E-state index in [1.54, 1.807) is 10.9 Å². The Bertz CT molecular complexity index is 464. The van der Waals surface area contributed by atoms with Gasteiger partial charge in [-0.15, -0.1) is 0 Å². The molecule has 0 atom stereocenters. The van der Waals surface area contributed by atoms with Gasteiger partial charge in [0, 0.05) is 24.4 Å². The molecule has 5 heteroatoms. The second-order valence-electron chi connectivity index (χ2n) is 3.04. The molecule has 0 N–H and O–H groups in total. The Morgan fingerprint density at radius 1 is 1.36 bits per heavy atom. The largest absolute Gasteiger partial charge is 0.275 e. The molecule has 0 aliphatic carbocycles. The minimum Gasteiger partial charge on any atom is -0.275 e. The molecule has 0 radical (unpaired) electrons. The molecule has 2 heterocycles. The smallest absolute Gasteiger partial charge is 0.135 e. The molecule has 0 aliphatic rings. The Morgan fingerprint density at radius 3 is 2.79 bits per heavy atom. The van der Waals surface area contributed by atoms with Gasteiger partial charge in [-0.25, -0.2) is 9.97 Å². The van der Waals surface area contributed by atoms with Crippen LogP contribution in [0.4, 0.5) is 0 Å². The average Bonchev–Trinajstić information content (AvgIpc) is 2.57. The van der Waals surface area contributed by atoms with E-state index in [2.05, 4.69) is 15.1 Å². The van der Waals surface area contributed by atoms with Gasteiger partial charge in [0.1, 0.15) is 11.5 Å². The molecule has 2 rings (SSSR count). The van der Waals surface area contributed by atoms with Gasteiger partial charge in [-0.05, 0) is 6.92 Å². The van der Waals surface area contributed by atoms with Crippen molar-refractivity contribution in [1.82, 2.24) is 19.7 Å². The van der Waals surface area contributed by atoms with Crippen molar-refractivity contribution >= 4 is 11.6 Å². The van der Waals surface area contributed by atoms with Crippen LogP contribution in [0.2, 0.25) is 5.15 Å². The predicted octanol–water partition coefficient (Wildman–Crippen LogP) is 1.84. The summed E-state index contributed by atoms with van der Waals surface area (Å²) in [7, 11) is 1.86. The van der Waals surface area contributed by atoms with Crippen LogP contribution in [-0.4, -0.2) is 19.7 Å². The summed E-state index contributed by atoms with van der Waals surface area (Å²) in [6.45, 7) is 1.89. The molecule has 0 bridgehead atoms.